The summed E-state index contributed by atoms with van der Waals surface area (Å²) in [5.74, 6) is 0.311. The molecule has 3 fully saturated rings. The van der Waals surface area contributed by atoms with E-state index >= 15 is 0 Å². The minimum atomic E-state index is -0.900. The fourth-order valence-electron chi connectivity index (χ4n) is 4.37. The van der Waals surface area contributed by atoms with E-state index in [-0.39, 0.29) is 23.8 Å². The third-order valence-electron chi connectivity index (χ3n) is 5.66. The Morgan fingerprint density at radius 2 is 2.08 bits per heavy atom. The van der Waals surface area contributed by atoms with Crippen LogP contribution in [-0.2, 0) is 11.2 Å². The van der Waals surface area contributed by atoms with Crippen molar-refractivity contribution < 1.29 is 14.7 Å². The molecule has 2 aliphatic heterocycles. The van der Waals surface area contributed by atoms with E-state index in [1.807, 2.05) is 12.1 Å². The Morgan fingerprint density at radius 3 is 2.65 bits per heavy atom. The third-order valence-corrected chi connectivity index (χ3v) is 5.96. The Labute approximate surface area is 156 Å². The minimum Gasteiger partial charge on any atom is -0.465 e. The quantitative estimate of drug-likeness (QED) is 0.598. The highest BCUT2D eigenvalue weighted by Crippen LogP contribution is 2.50. The van der Waals surface area contributed by atoms with Gasteiger partial charge < -0.3 is 15.3 Å². The second-order valence-corrected chi connectivity index (χ2v) is 7.61. The van der Waals surface area contributed by atoms with Crippen molar-refractivity contribution in [2.75, 3.05) is 13.1 Å². The number of nitrogens with one attached hydrogen (secondary N) is 1. The van der Waals surface area contributed by atoms with Crippen molar-refractivity contribution in [1.29, 1.82) is 0 Å². The lowest BCUT2D eigenvalue weighted by atomic mass is 9.87. The Kier molecular flexibility index (Phi) is 3.95. The molecule has 2 saturated heterocycles. The van der Waals surface area contributed by atoms with Crippen molar-refractivity contribution in [3.05, 3.63) is 42.7 Å². The Bertz CT molecular complexity index is 774. The molecule has 2 N–H and O–H groups in total. The van der Waals surface area contributed by atoms with Gasteiger partial charge in [-0.1, -0.05) is 6.08 Å². The molecule has 1 aromatic heterocycles. The number of carbonyl (C=O) groups is 2. The van der Waals surface area contributed by atoms with Gasteiger partial charge in [-0.25, -0.2) is 4.79 Å². The van der Waals surface area contributed by atoms with E-state index in [9.17, 15) is 9.59 Å². The lowest BCUT2D eigenvalue weighted by Crippen LogP contribution is -2.49. The summed E-state index contributed by atoms with van der Waals surface area (Å²) in [4.78, 5) is 31.6. The zero-order valence-corrected chi connectivity index (χ0v) is 15.0. The molecule has 0 bridgehead atoms. The zero-order chi connectivity index (χ0) is 18.5. The number of nitrogens with zero attached hydrogens (tertiary/aromatic N) is 3. The lowest BCUT2D eigenvalue weighted by Gasteiger charge is -2.27. The summed E-state index contributed by atoms with van der Waals surface area (Å²) in [5.41, 5.74) is 0.171. The number of fused-ring (bicyclic) bond motifs is 1. The van der Waals surface area contributed by atoms with Crippen molar-refractivity contribution in [3.63, 3.8) is 0 Å². The van der Waals surface area contributed by atoms with Gasteiger partial charge in [0.05, 0.1) is 0 Å². The Hall–Kier alpha value is -2.48. The van der Waals surface area contributed by atoms with Crippen LogP contribution in [0.3, 0.4) is 0 Å². The van der Waals surface area contributed by atoms with Crippen LogP contribution in [0.15, 0.2) is 37.2 Å². The molecule has 0 radical (unpaired) electrons. The van der Waals surface area contributed by atoms with Gasteiger partial charge in [0.2, 0.25) is 0 Å². The van der Waals surface area contributed by atoms with E-state index in [1.54, 1.807) is 23.4 Å². The van der Waals surface area contributed by atoms with Gasteiger partial charge in [-0.3, -0.25) is 14.7 Å². The fourth-order valence-corrected chi connectivity index (χ4v) is 4.77. The highest BCUT2D eigenvalue weighted by Gasteiger charge is 2.64. The van der Waals surface area contributed by atoms with E-state index in [2.05, 4.69) is 16.9 Å². The van der Waals surface area contributed by atoms with Gasteiger partial charge in [0.25, 0.3) is 5.91 Å². The van der Waals surface area contributed by atoms with E-state index in [4.69, 9.17) is 17.3 Å². The summed E-state index contributed by atoms with van der Waals surface area (Å²) < 4.78 is 0. The molecule has 1 saturated carbocycles. The van der Waals surface area contributed by atoms with Gasteiger partial charge in [0.15, 0.2) is 5.11 Å². The van der Waals surface area contributed by atoms with Crippen molar-refractivity contribution in [1.82, 2.24) is 20.1 Å². The smallest absolute Gasteiger partial charge is 0.407 e. The van der Waals surface area contributed by atoms with Crippen molar-refractivity contribution >= 4 is 29.3 Å². The number of thiocarbonyl (C=S) groups is 1. The first kappa shape index (κ1) is 17.0. The number of hydrogen-bond acceptors (Lipinski definition) is 4. The number of carbonyl (C=O) groups excluding carboxylic acids is 1. The van der Waals surface area contributed by atoms with E-state index in [1.165, 1.54) is 4.90 Å². The molecule has 1 aromatic rings. The van der Waals surface area contributed by atoms with Crippen molar-refractivity contribution in [2.24, 2.45) is 11.8 Å². The summed E-state index contributed by atoms with van der Waals surface area (Å²) in [6.07, 6.45) is 5.21. The largest absolute Gasteiger partial charge is 0.465 e. The van der Waals surface area contributed by atoms with Crippen LogP contribution in [-0.4, -0.2) is 61.7 Å². The van der Waals surface area contributed by atoms with E-state index < -0.39 is 11.6 Å². The summed E-state index contributed by atoms with van der Waals surface area (Å²) >= 11 is 5.49. The number of carboxylic acid groups (broad SMARTS) is 1. The van der Waals surface area contributed by atoms with Crippen LogP contribution in [0.1, 0.15) is 12.0 Å². The molecule has 8 heteroatoms. The maximum atomic E-state index is 13.3. The first-order valence-electron chi connectivity index (χ1n) is 8.60. The molecular weight excluding hydrogens is 352 g/mol. The SMILES string of the molecule is C=CCC1(Cc2ccncc2)NC(=S)N(C2C3CN(C(=O)O)CC32)C1=O. The number of likely N-dealkylation sites (tertiary alicyclic amines) is 1. The fraction of sp³-hybridized carbons (Fsp3) is 0.444. The summed E-state index contributed by atoms with van der Waals surface area (Å²) in [5, 5.41) is 12.8. The van der Waals surface area contributed by atoms with Crippen molar-refractivity contribution in [3.8, 4) is 0 Å². The number of hydrogen-bond donors (Lipinski definition) is 2. The first-order chi connectivity index (χ1) is 12.5. The third kappa shape index (κ3) is 2.56. The van der Waals surface area contributed by atoms with Gasteiger partial charge in [-0.2, -0.15) is 0 Å². The summed E-state index contributed by atoms with van der Waals surface area (Å²) in [6.45, 7) is 4.74. The Morgan fingerprint density at radius 1 is 1.42 bits per heavy atom. The minimum absolute atomic E-state index is 0.00207. The molecule has 0 spiro atoms. The molecule has 136 valence electrons. The number of piperidine rings is 1. The number of pyridine rings is 1. The predicted molar refractivity (Wildman–Crippen MR) is 98.4 cm³/mol. The highest BCUT2D eigenvalue weighted by molar-refractivity contribution is 7.80. The maximum absolute atomic E-state index is 13.3. The van der Waals surface area contributed by atoms with Crippen LogP contribution >= 0.6 is 12.2 Å². The van der Waals surface area contributed by atoms with Crippen LogP contribution < -0.4 is 5.32 Å². The van der Waals surface area contributed by atoms with Gasteiger partial charge in [0, 0.05) is 49.8 Å². The van der Waals surface area contributed by atoms with E-state index in [0.717, 1.165) is 5.56 Å². The van der Waals surface area contributed by atoms with Crippen LogP contribution in [0.2, 0.25) is 0 Å². The predicted octanol–water partition coefficient (Wildman–Crippen LogP) is 1.26. The molecule has 7 nitrogen and oxygen atoms in total. The maximum Gasteiger partial charge on any atom is 0.407 e. The zero-order valence-electron chi connectivity index (χ0n) is 14.2. The highest BCUT2D eigenvalue weighted by atomic mass is 32.1. The monoisotopic (exact) mass is 372 g/mol. The first-order valence-corrected chi connectivity index (χ1v) is 9.01. The van der Waals surface area contributed by atoms with Gasteiger partial charge in [-0.05, 0) is 36.3 Å². The Balaban J connectivity index is 1.54. The molecule has 26 heavy (non-hydrogen) atoms. The van der Waals surface area contributed by atoms with Crippen molar-refractivity contribution in [2.45, 2.75) is 24.4 Å². The topological polar surface area (TPSA) is 85.8 Å². The second kappa shape index (κ2) is 6.05. The summed E-state index contributed by atoms with van der Waals surface area (Å²) in [7, 11) is 0. The van der Waals surface area contributed by atoms with E-state index in [0.29, 0.717) is 31.0 Å². The average Bonchev–Trinajstić information content (AvgIpc) is 2.97. The van der Waals surface area contributed by atoms with Crippen LogP contribution in [0, 0.1) is 11.8 Å². The number of rotatable bonds is 5. The molecular formula is C18H20N4O3S. The standard InChI is InChI=1S/C18H20N4O3S/c1-2-5-18(8-11-3-6-19-7-4-11)15(23)22(16(26)20-18)14-12-9-21(17(24)25)10-13(12)14/h2-4,6-7,12-14H,1,5,8-10H2,(H,20,26)(H,24,25). The normalized spacial score (nSPS) is 32.4. The molecule has 3 unspecified atom stereocenters. The molecule has 1 aliphatic carbocycles. The molecule has 3 atom stereocenters. The molecule has 2 amide bonds. The average molecular weight is 372 g/mol. The molecule has 3 aliphatic rings. The van der Waals surface area contributed by atoms with Crippen LogP contribution in [0.4, 0.5) is 4.79 Å². The summed E-state index contributed by atoms with van der Waals surface area (Å²) in [6, 6.07) is 3.78. The molecule has 4 rings (SSSR count). The van der Waals surface area contributed by atoms with Gasteiger partial charge in [0.1, 0.15) is 5.54 Å². The van der Waals surface area contributed by atoms with Gasteiger partial charge in [-0.15, -0.1) is 6.58 Å². The molecule has 0 aromatic carbocycles. The second-order valence-electron chi connectivity index (χ2n) is 7.22. The van der Waals surface area contributed by atoms with Crippen LogP contribution in [0.5, 0.6) is 0 Å². The van der Waals surface area contributed by atoms with Gasteiger partial charge >= 0.3 is 6.09 Å². The van der Waals surface area contributed by atoms with Crippen LogP contribution in [0.25, 0.3) is 0 Å². The molecule has 3 heterocycles. The number of aromatic nitrogens is 1. The lowest BCUT2D eigenvalue weighted by molar-refractivity contribution is -0.131. The number of amides is 2.